The molecule has 3 rings (SSSR count). The van der Waals surface area contributed by atoms with Crippen LogP contribution in [0.15, 0.2) is 11.4 Å². The lowest BCUT2D eigenvalue weighted by Gasteiger charge is -2.20. The van der Waals surface area contributed by atoms with Crippen LogP contribution in [0, 0.1) is 0 Å². The van der Waals surface area contributed by atoms with E-state index in [9.17, 15) is 0 Å². The highest BCUT2D eigenvalue weighted by molar-refractivity contribution is 7.16. The van der Waals surface area contributed by atoms with Gasteiger partial charge in [-0.15, -0.1) is 22.7 Å². The average molecular weight is 314 g/mol. The van der Waals surface area contributed by atoms with Gasteiger partial charge in [-0.25, -0.2) is 4.98 Å². The van der Waals surface area contributed by atoms with Crippen LogP contribution in [0.25, 0.3) is 11.3 Å². The molecule has 0 radical (unpaired) electrons. The van der Waals surface area contributed by atoms with E-state index in [0.717, 1.165) is 22.1 Å². The van der Waals surface area contributed by atoms with E-state index in [1.165, 1.54) is 35.6 Å². The topological polar surface area (TPSA) is 42.1 Å². The zero-order valence-electron chi connectivity index (χ0n) is 10.7. The number of thiophene rings is 1. The van der Waals surface area contributed by atoms with Crippen molar-refractivity contribution < 1.29 is 0 Å². The van der Waals surface area contributed by atoms with Gasteiger partial charge in [-0.05, 0) is 32.4 Å². The Kier molecular flexibility index (Phi) is 3.80. The number of hydrogen-bond acceptors (Lipinski definition) is 5. The van der Waals surface area contributed by atoms with Crippen LogP contribution < -0.4 is 5.73 Å². The minimum Gasteiger partial charge on any atom is -0.375 e. The summed E-state index contributed by atoms with van der Waals surface area (Å²) < 4.78 is 0.794. The Morgan fingerprint density at radius 1 is 1.58 bits per heavy atom. The molecular formula is C13H16ClN3S2. The van der Waals surface area contributed by atoms with Gasteiger partial charge in [-0.3, -0.25) is 4.90 Å². The molecule has 1 atom stereocenters. The Hall–Kier alpha value is -0.620. The second-order valence-corrected chi connectivity index (χ2v) is 7.58. The summed E-state index contributed by atoms with van der Waals surface area (Å²) in [5, 5.41) is 2.69. The van der Waals surface area contributed by atoms with E-state index in [1.54, 1.807) is 11.3 Å². The van der Waals surface area contributed by atoms with Crippen LogP contribution in [0.3, 0.4) is 0 Å². The first kappa shape index (κ1) is 13.4. The van der Waals surface area contributed by atoms with Crippen molar-refractivity contribution in [2.75, 3.05) is 12.3 Å². The molecule has 19 heavy (non-hydrogen) atoms. The summed E-state index contributed by atoms with van der Waals surface area (Å²) in [5.41, 5.74) is 7.98. The van der Waals surface area contributed by atoms with Gasteiger partial charge >= 0.3 is 0 Å². The molecule has 3 nitrogen and oxygen atoms in total. The van der Waals surface area contributed by atoms with Gasteiger partial charge in [-0.1, -0.05) is 11.6 Å². The molecule has 102 valence electrons. The molecule has 2 aromatic heterocycles. The molecule has 0 aromatic carbocycles. The van der Waals surface area contributed by atoms with E-state index in [1.807, 2.05) is 11.4 Å². The molecule has 2 aromatic rings. The molecule has 0 amide bonds. The van der Waals surface area contributed by atoms with E-state index in [-0.39, 0.29) is 0 Å². The molecule has 2 N–H and O–H groups in total. The molecule has 0 bridgehead atoms. The summed E-state index contributed by atoms with van der Waals surface area (Å²) >= 11 is 9.15. The van der Waals surface area contributed by atoms with Crippen molar-refractivity contribution in [3.63, 3.8) is 0 Å². The number of halogens is 1. The maximum Gasteiger partial charge on any atom is 0.180 e. The number of anilines is 1. The highest BCUT2D eigenvalue weighted by atomic mass is 35.5. The SMILES string of the molecule is C[C@@H]1CCCN1Cc1sc(N)nc1-c1csc(Cl)c1. The van der Waals surface area contributed by atoms with Crippen LogP contribution in [-0.4, -0.2) is 22.5 Å². The van der Waals surface area contributed by atoms with Gasteiger partial charge in [0.1, 0.15) is 0 Å². The molecule has 0 spiro atoms. The fourth-order valence-corrected chi connectivity index (χ4v) is 4.29. The van der Waals surface area contributed by atoms with Crippen molar-refractivity contribution in [1.82, 2.24) is 9.88 Å². The summed E-state index contributed by atoms with van der Waals surface area (Å²) in [4.78, 5) is 8.23. The normalized spacial score (nSPS) is 20.2. The van der Waals surface area contributed by atoms with Gasteiger partial charge in [0, 0.05) is 28.4 Å². The summed E-state index contributed by atoms with van der Waals surface area (Å²) in [7, 11) is 0. The smallest absolute Gasteiger partial charge is 0.180 e. The van der Waals surface area contributed by atoms with Crippen LogP contribution in [0.5, 0.6) is 0 Å². The van der Waals surface area contributed by atoms with Crippen molar-refractivity contribution in [2.45, 2.75) is 32.4 Å². The molecule has 1 aliphatic heterocycles. The van der Waals surface area contributed by atoms with Crippen LogP contribution in [0.1, 0.15) is 24.6 Å². The first-order valence-corrected chi connectivity index (χ1v) is 8.44. The van der Waals surface area contributed by atoms with E-state index in [0.29, 0.717) is 11.2 Å². The summed E-state index contributed by atoms with van der Waals surface area (Å²) in [5.74, 6) is 0. The summed E-state index contributed by atoms with van der Waals surface area (Å²) in [6.45, 7) is 4.40. The molecular weight excluding hydrogens is 298 g/mol. The number of rotatable bonds is 3. The van der Waals surface area contributed by atoms with Crippen LogP contribution in [0.4, 0.5) is 5.13 Å². The van der Waals surface area contributed by atoms with Crippen molar-refractivity contribution in [3.8, 4) is 11.3 Å². The fraction of sp³-hybridized carbons (Fsp3) is 0.462. The predicted molar refractivity (Wildman–Crippen MR) is 84.0 cm³/mol. The highest BCUT2D eigenvalue weighted by Gasteiger charge is 2.23. The van der Waals surface area contributed by atoms with Gasteiger partial charge in [0.15, 0.2) is 5.13 Å². The predicted octanol–water partition coefficient (Wildman–Crippen LogP) is 4.09. The monoisotopic (exact) mass is 313 g/mol. The van der Waals surface area contributed by atoms with Crippen LogP contribution in [-0.2, 0) is 6.54 Å². The number of thiazole rings is 1. The van der Waals surface area contributed by atoms with E-state index >= 15 is 0 Å². The maximum atomic E-state index is 6.02. The Labute approximate surface area is 126 Å². The lowest BCUT2D eigenvalue weighted by Crippen LogP contribution is -2.25. The van der Waals surface area contributed by atoms with E-state index < -0.39 is 0 Å². The van der Waals surface area contributed by atoms with E-state index in [4.69, 9.17) is 17.3 Å². The number of nitrogens with zero attached hydrogens (tertiary/aromatic N) is 2. The zero-order chi connectivity index (χ0) is 13.4. The average Bonchev–Trinajstić information content (AvgIpc) is 3.03. The second-order valence-electron chi connectivity index (χ2n) is 4.93. The minimum absolute atomic E-state index is 0.638. The number of aromatic nitrogens is 1. The van der Waals surface area contributed by atoms with Gasteiger partial charge in [0.05, 0.1) is 10.0 Å². The number of hydrogen-bond donors (Lipinski definition) is 1. The van der Waals surface area contributed by atoms with Gasteiger partial charge in [-0.2, -0.15) is 0 Å². The number of nitrogen functional groups attached to an aromatic ring is 1. The number of nitrogens with two attached hydrogens (primary N) is 1. The Morgan fingerprint density at radius 3 is 3.05 bits per heavy atom. The molecule has 6 heteroatoms. The van der Waals surface area contributed by atoms with Crippen molar-refractivity contribution in [1.29, 1.82) is 0 Å². The molecule has 1 fully saturated rings. The summed E-state index contributed by atoms with van der Waals surface area (Å²) in [6.07, 6.45) is 2.57. The molecule has 0 aliphatic carbocycles. The lowest BCUT2D eigenvalue weighted by atomic mass is 10.2. The molecule has 3 heterocycles. The first-order chi connectivity index (χ1) is 9.13. The maximum absolute atomic E-state index is 6.02. The zero-order valence-corrected chi connectivity index (χ0v) is 13.1. The fourth-order valence-electron chi connectivity index (χ4n) is 2.55. The molecule has 0 saturated carbocycles. The molecule has 1 saturated heterocycles. The second kappa shape index (κ2) is 5.40. The van der Waals surface area contributed by atoms with Gasteiger partial charge < -0.3 is 5.73 Å². The van der Waals surface area contributed by atoms with Crippen molar-refractivity contribution >= 4 is 39.4 Å². The Morgan fingerprint density at radius 2 is 2.42 bits per heavy atom. The number of likely N-dealkylation sites (tertiary alicyclic amines) is 1. The third-order valence-electron chi connectivity index (χ3n) is 3.59. The van der Waals surface area contributed by atoms with Crippen molar-refractivity contribution in [3.05, 3.63) is 20.7 Å². The highest BCUT2D eigenvalue weighted by Crippen LogP contribution is 2.35. The third-order valence-corrected chi connectivity index (χ3v) is 5.55. The molecule has 1 aliphatic rings. The first-order valence-electron chi connectivity index (χ1n) is 6.37. The summed E-state index contributed by atoms with van der Waals surface area (Å²) in [6, 6.07) is 2.62. The van der Waals surface area contributed by atoms with Gasteiger partial charge in [0.2, 0.25) is 0 Å². The Bertz CT molecular complexity index is 578. The largest absolute Gasteiger partial charge is 0.375 e. The third kappa shape index (κ3) is 2.79. The van der Waals surface area contributed by atoms with E-state index in [2.05, 4.69) is 16.8 Å². The lowest BCUT2D eigenvalue weighted by molar-refractivity contribution is 0.263. The van der Waals surface area contributed by atoms with Crippen LogP contribution >= 0.6 is 34.3 Å². The quantitative estimate of drug-likeness (QED) is 0.928. The standard InChI is InChI=1S/C13H16ClN3S2/c1-8-3-2-4-17(8)6-10-12(16-13(15)19-10)9-5-11(14)18-7-9/h5,7-8H,2-4,6H2,1H3,(H2,15,16)/t8-/m1/s1. The van der Waals surface area contributed by atoms with Crippen LogP contribution in [0.2, 0.25) is 4.34 Å². The molecule has 0 unspecified atom stereocenters. The Balaban J connectivity index is 1.89. The van der Waals surface area contributed by atoms with Crippen molar-refractivity contribution in [2.24, 2.45) is 0 Å². The van der Waals surface area contributed by atoms with Gasteiger partial charge in [0.25, 0.3) is 0 Å². The minimum atomic E-state index is 0.638.